The lowest BCUT2D eigenvalue weighted by molar-refractivity contribution is 0.191. The van der Waals surface area contributed by atoms with E-state index in [0.29, 0.717) is 12.0 Å². The first-order chi connectivity index (χ1) is 4.22. The number of hydrogen-bond donors (Lipinski definition) is 2. The molecule has 0 aliphatic carbocycles. The molecule has 0 rings (SSSR count). The molecule has 52 valence electrons. The first-order valence-corrected chi connectivity index (χ1v) is 2.79. The first-order valence-electron chi connectivity index (χ1n) is 2.79. The molecule has 0 amide bonds. The Bertz CT molecular complexity index is 107. The molecule has 0 fully saturated rings. The van der Waals surface area contributed by atoms with Crippen molar-refractivity contribution in [1.82, 2.24) is 0 Å². The second-order valence-electron chi connectivity index (χ2n) is 1.86. The van der Waals surface area contributed by atoms with Crippen molar-refractivity contribution in [3.63, 3.8) is 0 Å². The van der Waals surface area contributed by atoms with E-state index in [9.17, 15) is 0 Å². The van der Waals surface area contributed by atoms with Crippen LogP contribution in [0, 0.1) is 0 Å². The van der Waals surface area contributed by atoms with Crippen LogP contribution in [-0.2, 0) is 0 Å². The standard InChI is InChI=1S/C7H12O2/c1-3-4-7(9)6(2)5-8/h3,7-9H,1-2,4-5H2/t7-/m0/s1. The number of rotatable bonds is 4. The molecule has 0 saturated carbocycles. The summed E-state index contributed by atoms with van der Waals surface area (Å²) in [5, 5.41) is 17.4. The van der Waals surface area contributed by atoms with Crippen LogP contribution in [0.5, 0.6) is 0 Å². The van der Waals surface area contributed by atoms with Gasteiger partial charge in [0.15, 0.2) is 0 Å². The maximum atomic E-state index is 8.99. The average Bonchev–Trinajstić information content (AvgIpc) is 1.87. The Balaban J connectivity index is 3.58. The topological polar surface area (TPSA) is 40.5 Å². The monoisotopic (exact) mass is 128 g/mol. The van der Waals surface area contributed by atoms with Gasteiger partial charge in [0.25, 0.3) is 0 Å². The van der Waals surface area contributed by atoms with Crippen molar-refractivity contribution in [1.29, 1.82) is 0 Å². The molecular formula is C7H12O2. The lowest BCUT2D eigenvalue weighted by Crippen LogP contribution is -2.10. The largest absolute Gasteiger partial charge is 0.392 e. The van der Waals surface area contributed by atoms with Crippen LogP contribution >= 0.6 is 0 Å². The number of aliphatic hydroxyl groups excluding tert-OH is 2. The molecule has 0 heterocycles. The maximum Gasteiger partial charge on any atom is 0.0803 e. The molecule has 0 saturated heterocycles. The van der Waals surface area contributed by atoms with E-state index in [1.54, 1.807) is 6.08 Å². The number of hydrogen-bond acceptors (Lipinski definition) is 2. The minimum absolute atomic E-state index is 0.158. The maximum absolute atomic E-state index is 8.99. The predicted octanol–water partition coefficient (Wildman–Crippen LogP) is 0.472. The van der Waals surface area contributed by atoms with E-state index < -0.39 is 6.10 Å². The summed E-state index contributed by atoms with van der Waals surface area (Å²) in [4.78, 5) is 0. The van der Waals surface area contributed by atoms with Gasteiger partial charge in [0, 0.05) is 0 Å². The average molecular weight is 128 g/mol. The highest BCUT2D eigenvalue weighted by molar-refractivity contribution is 5.03. The number of aliphatic hydroxyl groups is 2. The summed E-state index contributed by atoms with van der Waals surface area (Å²) in [6.07, 6.45) is 1.41. The van der Waals surface area contributed by atoms with Gasteiger partial charge in [0.1, 0.15) is 0 Å². The van der Waals surface area contributed by atoms with Gasteiger partial charge in [0.05, 0.1) is 12.7 Å². The van der Waals surface area contributed by atoms with Crippen molar-refractivity contribution < 1.29 is 10.2 Å². The van der Waals surface area contributed by atoms with Crippen molar-refractivity contribution in [2.45, 2.75) is 12.5 Å². The highest BCUT2D eigenvalue weighted by Crippen LogP contribution is 2.02. The summed E-state index contributed by atoms with van der Waals surface area (Å²) >= 11 is 0. The molecule has 0 aliphatic rings. The van der Waals surface area contributed by atoms with E-state index in [1.165, 1.54) is 0 Å². The molecule has 9 heavy (non-hydrogen) atoms. The van der Waals surface area contributed by atoms with Gasteiger partial charge in [-0.3, -0.25) is 0 Å². The molecule has 1 atom stereocenters. The van der Waals surface area contributed by atoms with Gasteiger partial charge < -0.3 is 10.2 Å². The summed E-state index contributed by atoms with van der Waals surface area (Å²) in [5.74, 6) is 0. The zero-order valence-electron chi connectivity index (χ0n) is 5.38. The van der Waals surface area contributed by atoms with Gasteiger partial charge >= 0.3 is 0 Å². The molecule has 0 spiro atoms. The second kappa shape index (κ2) is 4.30. The quantitative estimate of drug-likeness (QED) is 0.540. The summed E-state index contributed by atoms with van der Waals surface area (Å²) in [6.45, 7) is 6.72. The summed E-state index contributed by atoms with van der Waals surface area (Å²) in [7, 11) is 0. The van der Waals surface area contributed by atoms with E-state index in [1.807, 2.05) is 0 Å². The van der Waals surface area contributed by atoms with Gasteiger partial charge in [-0.2, -0.15) is 0 Å². The van der Waals surface area contributed by atoms with Gasteiger partial charge in [-0.05, 0) is 12.0 Å². The Morgan fingerprint density at radius 3 is 2.56 bits per heavy atom. The Kier molecular flexibility index (Phi) is 4.01. The van der Waals surface area contributed by atoms with E-state index in [2.05, 4.69) is 13.2 Å². The fourth-order valence-electron chi connectivity index (χ4n) is 0.430. The first kappa shape index (κ1) is 8.40. The van der Waals surface area contributed by atoms with E-state index in [-0.39, 0.29) is 6.61 Å². The zero-order valence-corrected chi connectivity index (χ0v) is 5.38. The minimum Gasteiger partial charge on any atom is -0.392 e. The smallest absolute Gasteiger partial charge is 0.0803 e. The third-order valence-corrected chi connectivity index (χ3v) is 1.06. The van der Waals surface area contributed by atoms with Gasteiger partial charge in [-0.1, -0.05) is 12.7 Å². The predicted molar refractivity (Wildman–Crippen MR) is 37.0 cm³/mol. The molecule has 0 aliphatic heterocycles. The second-order valence-corrected chi connectivity index (χ2v) is 1.86. The van der Waals surface area contributed by atoms with Crippen LogP contribution in [-0.4, -0.2) is 22.9 Å². The normalized spacial score (nSPS) is 12.7. The van der Waals surface area contributed by atoms with Crippen LogP contribution in [0.1, 0.15) is 6.42 Å². The van der Waals surface area contributed by atoms with Crippen LogP contribution in [0.15, 0.2) is 24.8 Å². The van der Waals surface area contributed by atoms with Crippen LogP contribution in [0.4, 0.5) is 0 Å². The molecule has 2 heteroatoms. The zero-order chi connectivity index (χ0) is 7.28. The summed E-state index contributed by atoms with van der Waals surface area (Å²) in [5.41, 5.74) is 0.440. The lowest BCUT2D eigenvalue weighted by atomic mass is 10.1. The van der Waals surface area contributed by atoms with Crippen molar-refractivity contribution in [3.05, 3.63) is 24.8 Å². The Morgan fingerprint density at radius 1 is 1.67 bits per heavy atom. The molecule has 0 bridgehead atoms. The van der Waals surface area contributed by atoms with E-state index in [0.717, 1.165) is 0 Å². The van der Waals surface area contributed by atoms with Crippen molar-refractivity contribution in [3.8, 4) is 0 Å². The van der Waals surface area contributed by atoms with E-state index >= 15 is 0 Å². The van der Waals surface area contributed by atoms with Crippen LogP contribution < -0.4 is 0 Å². The third-order valence-electron chi connectivity index (χ3n) is 1.06. The molecule has 0 aromatic carbocycles. The van der Waals surface area contributed by atoms with Gasteiger partial charge in [-0.15, -0.1) is 6.58 Å². The molecule has 2 N–H and O–H groups in total. The fourth-order valence-corrected chi connectivity index (χ4v) is 0.430. The molecule has 0 aromatic rings. The van der Waals surface area contributed by atoms with Gasteiger partial charge in [-0.25, -0.2) is 0 Å². The SMILES string of the molecule is C=CC[C@H](O)C(=C)CO. The van der Waals surface area contributed by atoms with E-state index in [4.69, 9.17) is 10.2 Å². The summed E-state index contributed by atoms with van der Waals surface area (Å²) < 4.78 is 0. The highest BCUT2D eigenvalue weighted by atomic mass is 16.3. The fraction of sp³-hybridized carbons (Fsp3) is 0.429. The molecule has 0 unspecified atom stereocenters. The van der Waals surface area contributed by atoms with Crippen molar-refractivity contribution in [2.75, 3.05) is 6.61 Å². The Hall–Kier alpha value is -0.600. The minimum atomic E-state index is -0.632. The molecule has 0 radical (unpaired) electrons. The van der Waals surface area contributed by atoms with Gasteiger partial charge in [0.2, 0.25) is 0 Å². The molecule has 0 aromatic heterocycles. The lowest BCUT2D eigenvalue weighted by Gasteiger charge is -2.07. The molecule has 2 nitrogen and oxygen atoms in total. The van der Waals surface area contributed by atoms with Crippen LogP contribution in [0.2, 0.25) is 0 Å². The van der Waals surface area contributed by atoms with Crippen LogP contribution in [0.3, 0.4) is 0 Å². The Morgan fingerprint density at radius 2 is 2.22 bits per heavy atom. The highest BCUT2D eigenvalue weighted by Gasteiger charge is 2.03. The third kappa shape index (κ3) is 3.06. The van der Waals surface area contributed by atoms with Crippen molar-refractivity contribution in [2.24, 2.45) is 0 Å². The molecular weight excluding hydrogens is 116 g/mol. The van der Waals surface area contributed by atoms with Crippen molar-refractivity contribution >= 4 is 0 Å². The van der Waals surface area contributed by atoms with Crippen LogP contribution in [0.25, 0.3) is 0 Å². The summed E-state index contributed by atoms with van der Waals surface area (Å²) in [6, 6.07) is 0. The Labute approximate surface area is 55.1 Å².